The van der Waals surface area contributed by atoms with Crippen molar-refractivity contribution in [2.75, 3.05) is 26.2 Å². The maximum atomic E-state index is 13.8. The zero-order valence-corrected chi connectivity index (χ0v) is 16.6. The molecule has 3 aromatic rings. The van der Waals surface area contributed by atoms with Crippen LogP contribution in [0.15, 0.2) is 57.5 Å². The minimum atomic E-state index is -0.391. The van der Waals surface area contributed by atoms with Crippen molar-refractivity contribution >= 4 is 21.8 Å². The first-order valence-electron chi connectivity index (χ1n) is 8.95. The van der Waals surface area contributed by atoms with Gasteiger partial charge in [-0.15, -0.1) is 0 Å². The topological polar surface area (TPSA) is 62.5 Å². The number of benzene rings is 2. The highest BCUT2D eigenvalue weighted by Gasteiger charge is 2.23. The van der Waals surface area contributed by atoms with Gasteiger partial charge < -0.3 is 9.42 Å². The summed E-state index contributed by atoms with van der Waals surface area (Å²) in [5.41, 5.74) is 0.982. The van der Waals surface area contributed by atoms with Gasteiger partial charge in [0.25, 0.3) is 11.8 Å². The molecule has 8 heteroatoms. The van der Waals surface area contributed by atoms with Gasteiger partial charge in [0.15, 0.2) is 5.82 Å². The molecule has 1 fully saturated rings. The highest BCUT2D eigenvalue weighted by Crippen LogP contribution is 2.21. The molecule has 0 N–H and O–H groups in total. The highest BCUT2D eigenvalue weighted by molar-refractivity contribution is 9.10. The predicted octanol–water partition coefficient (Wildman–Crippen LogP) is 3.60. The van der Waals surface area contributed by atoms with Crippen LogP contribution in [-0.2, 0) is 6.54 Å². The van der Waals surface area contributed by atoms with E-state index in [0.29, 0.717) is 49.7 Å². The second-order valence-corrected chi connectivity index (χ2v) is 7.49. The summed E-state index contributed by atoms with van der Waals surface area (Å²) in [5, 5.41) is 3.96. The first-order valence-corrected chi connectivity index (χ1v) is 9.74. The van der Waals surface area contributed by atoms with Gasteiger partial charge in [-0.2, -0.15) is 4.98 Å². The van der Waals surface area contributed by atoms with E-state index >= 15 is 0 Å². The van der Waals surface area contributed by atoms with Crippen molar-refractivity contribution in [3.8, 4) is 11.5 Å². The van der Waals surface area contributed by atoms with E-state index in [0.717, 1.165) is 4.47 Å². The summed E-state index contributed by atoms with van der Waals surface area (Å²) in [7, 11) is 0. The number of carbonyl (C=O) groups is 1. The molecule has 0 spiro atoms. The third-order valence-electron chi connectivity index (χ3n) is 4.69. The molecule has 1 aliphatic heterocycles. The van der Waals surface area contributed by atoms with E-state index in [2.05, 4.69) is 31.0 Å². The lowest BCUT2D eigenvalue weighted by Crippen LogP contribution is -2.48. The van der Waals surface area contributed by atoms with Crippen LogP contribution >= 0.6 is 15.9 Å². The second-order valence-electron chi connectivity index (χ2n) is 6.57. The molecule has 0 aliphatic carbocycles. The fourth-order valence-corrected chi connectivity index (χ4v) is 3.41. The Morgan fingerprint density at radius 3 is 2.50 bits per heavy atom. The summed E-state index contributed by atoms with van der Waals surface area (Å²) in [5.74, 6) is 0.328. The number of halogens is 2. The summed E-state index contributed by atoms with van der Waals surface area (Å²) in [4.78, 5) is 20.9. The Labute approximate surface area is 170 Å². The molecule has 0 atom stereocenters. The molecule has 2 heterocycles. The average molecular weight is 445 g/mol. The first-order chi connectivity index (χ1) is 13.6. The van der Waals surface area contributed by atoms with E-state index in [9.17, 15) is 9.18 Å². The maximum Gasteiger partial charge on any atom is 0.260 e. The molecule has 28 heavy (non-hydrogen) atoms. The molecule has 1 aromatic heterocycles. The van der Waals surface area contributed by atoms with Gasteiger partial charge in [0.05, 0.1) is 12.1 Å². The summed E-state index contributed by atoms with van der Waals surface area (Å²) in [6.45, 7) is 3.19. The molecule has 4 rings (SSSR count). The number of hydrogen-bond acceptors (Lipinski definition) is 5. The lowest BCUT2D eigenvalue weighted by molar-refractivity contribution is 0.0624. The normalized spacial score (nSPS) is 15.0. The van der Waals surface area contributed by atoms with Crippen LogP contribution in [-0.4, -0.2) is 52.0 Å². The van der Waals surface area contributed by atoms with E-state index in [1.807, 2.05) is 29.2 Å². The average Bonchev–Trinajstić information content (AvgIpc) is 3.17. The monoisotopic (exact) mass is 444 g/mol. The lowest BCUT2D eigenvalue weighted by atomic mass is 10.2. The van der Waals surface area contributed by atoms with Crippen LogP contribution in [0, 0.1) is 5.82 Å². The molecule has 0 unspecified atom stereocenters. The Morgan fingerprint density at radius 2 is 1.79 bits per heavy atom. The molecule has 0 saturated carbocycles. The predicted molar refractivity (Wildman–Crippen MR) is 105 cm³/mol. The zero-order chi connectivity index (χ0) is 19.5. The number of rotatable bonds is 4. The van der Waals surface area contributed by atoms with Crippen LogP contribution in [0.4, 0.5) is 4.39 Å². The Hall–Kier alpha value is -2.58. The Morgan fingerprint density at radius 1 is 1.07 bits per heavy atom. The third kappa shape index (κ3) is 4.13. The van der Waals surface area contributed by atoms with Gasteiger partial charge in [-0.25, -0.2) is 4.39 Å². The molecule has 0 bridgehead atoms. The van der Waals surface area contributed by atoms with E-state index in [1.54, 1.807) is 18.2 Å². The van der Waals surface area contributed by atoms with Gasteiger partial charge in [0.1, 0.15) is 5.82 Å². The minimum Gasteiger partial charge on any atom is -0.336 e. The summed E-state index contributed by atoms with van der Waals surface area (Å²) < 4.78 is 20.0. The van der Waals surface area contributed by atoms with Crippen molar-refractivity contribution in [1.29, 1.82) is 0 Å². The summed E-state index contributed by atoms with van der Waals surface area (Å²) in [6.07, 6.45) is 0. The molecule has 6 nitrogen and oxygen atoms in total. The number of hydrogen-bond donors (Lipinski definition) is 0. The SMILES string of the molecule is O=C(c1ccc(Br)cc1)N1CCN(Cc2noc(-c3ccccc3F)n2)CC1. The number of amides is 1. The number of nitrogens with zero attached hydrogens (tertiary/aromatic N) is 4. The Balaban J connectivity index is 1.34. The van der Waals surface area contributed by atoms with Crippen LogP contribution in [0.3, 0.4) is 0 Å². The highest BCUT2D eigenvalue weighted by atomic mass is 79.9. The van der Waals surface area contributed by atoms with E-state index < -0.39 is 5.82 Å². The van der Waals surface area contributed by atoms with Gasteiger partial charge in [0, 0.05) is 36.2 Å². The standard InChI is InChI=1S/C20H18BrFN4O2/c21-15-7-5-14(6-8-15)20(27)26-11-9-25(10-12-26)13-18-23-19(28-24-18)16-3-1-2-4-17(16)22/h1-8H,9-13H2. The molecular formula is C20H18BrFN4O2. The number of piperazine rings is 1. The van der Waals surface area contributed by atoms with Gasteiger partial charge in [0.2, 0.25) is 0 Å². The van der Waals surface area contributed by atoms with Gasteiger partial charge in [-0.1, -0.05) is 33.2 Å². The minimum absolute atomic E-state index is 0.0357. The quantitative estimate of drug-likeness (QED) is 0.615. The van der Waals surface area contributed by atoms with Crippen LogP contribution in [0.25, 0.3) is 11.5 Å². The molecular weight excluding hydrogens is 427 g/mol. The first kappa shape index (κ1) is 18.8. The van der Waals surface area contributed by atoms with Crippen LogP contribution < -0.4 is 0 Å². The lowest BCUT2D eigenvalue weighted by Gasteiger charge is -2.34. The largest absolute Gasteiger partial charge is 0.336 e. The van der Waals surface area contributed by atoms with Gasteiger partial charge >= 0.3 is 0 Å². The van der Waals surface area contributed by atoms with E-state index in [4.69, 9.17) is 4.52 Å². The fraction of sp³-hybridized carbons (Fsp3) is 0.250. The van der Waals surface area contributed by atoms with Crippen molar-refractivity contribution in [2.45, 2.75) is 6.54 Å². The van der Waals surface area contributed by atoms with Crippen LogP contribution in [0.1, 0.15) is 16.2 Å². The van der Waals surface area contributed by atoms with Crippen LogP contribution in [0.2, 0.25) is 0 Å². The molecule has 0 radical (unpaired) electrons. The molecule has 144 valence electrons. The van der Waals surface area contributed by atoms with E-state index in [-0.39, 0.29) is 11.8 Å². The third-order valence-corrected chi connectivity index (χ3v) is 5.22. The second kappa shape index (κ2) is 8.20. The van der Waals surface area contributed by atoms with Crippen molar-refractivity contribution in [2.24, 2.45) is 0 Å². The fourth-order valence-electron chi connectivity index (χ4n) is 3.15. The molecule has 2 aromatic carbocycles. The smallest absolute Gasteiger partial charge is 0.260 e. The number of carbonyl (C=O) groups excluding carboxylic acids is 1. The van der Waals surface area contributed by atoms with Gasteiger partial charge in [-0.3, -0.25) is 9.69 Å². The van der Waals surface area contributed by atoms with E-state index in [1.165, 1.54) is 6.07 Å². The molecule has 1 amide bonds. The Bertz CT molecular complexity index is 968. The summed E-state index contributed by atoms with van der Waals surface area (Å²) >= 11 is 3.38. The van der Waals surface area contributed by atoms with Crippen LogP contribution in [0.5, 0.6) is 0 Å². The Kier molecular flexibility index (Phi) is 5.50. The van der Waals surface area contributed by atoms with Gasteiger partial charge in [-0.05, 0) is 36.4 Å². The number of aromatic nitrogens is 2. The maximum absolute atomic E-state index is 13.8. The summed E-state index contributed by atoms with van der Waals surface area (Å²) in [6, 6.07) is 13.7. The molecule has 1 saturated heterocycles. The van der Waals surface area contributed by atoms with Crippen molar-refractivity contribution in [1.82, 2.24) is 19.9 Å². The van der Waals surface area contributed by atoms with Crippen molar-refractivity contribution in [3.63, 3.8) is 0 Å². The van der Waals surface area contributed by atoms with Crippen molar-refractivity contribution < 1.29 is 13.7 Å². The van der Waals surface area contributed by atoms with Crippen molar-refractivity contribution in [3.05, 3.63) is 70.2 Å². The molecule has 1 aliphatic rings. The zero-order valence-electron chi connectivity index (χ0n) is 15.0.